The van der Waals surface area contributed by atoms with Gasteiger partial charge in [-0.2, -0.15) is 0 Å². The van der Waals surface area contributed by atoms with Crippen LogP contribution in [0.5, 0.6) is 0 Å². The lowest BCUT2D eigenvalue weighted by Crippen LogP contribution is -3.00. The van der Waals surface area contributed by atoms with Crippen LogP contribution in [0.15, 0.2) is 0 Å². The summed E-state index contributed by atoms with van der Waals surface area (Å²) < 4.78 is 0. The second-order valence-corrected chi connectivity index (χ2v) is 6.03. The van der Waals surface area contributed by atoms with Gasteiger partial charge in [0.05, 0.1) is 25.2 Å². The maximum absolute atomic E-state index is 8.95. The Labute approximate surface area is 159 Å². The second-order valence-electron chi connectivity index (χ2n) is 6.03. The summed E-state index contributed by atoms with van der Waals surface area (Å²) in [5, 5.41) is 40.3. The van der Waals surface area contributed by atoms with E-state index in [1.54, 1.807) is 0 Å². The molecule has 0 aliphatic rings. The highest BCUT2D eigenvalue weighted by Gasteiger charge is 2.11. The third-order valence-corrected chi connectivity index (χ3v) is 4.16. The minimum Gasteiger partial charge on any atom is -1.00 e. The number of aliphatic hydroxyl groups is 4. The Balaban J connectivity index is -0.00000220. The van der Waals surface area contributed by atoms with E-state index in [1.807, 2.05) is 0 Å². The molecule has 0 bridgehead atoms. The fourth-order valence-corrected chi connectivity index (χ4v) is 2.77. The average Bonchev–Trinajstić information content (AvgIpc) is 2.50. The molecule has 0 radical (unpaired) electrons. The van der Waals surface area contributed by atoms with Crippen molar-refractivity contribution in [3.8, 4) is 0 Å². The quantitative estimate of drug-likeness (QED) is 0.138. The van der Waals surface area contributed by atoms with Crippen LogP contribution in [0.3, 0.4) is 0 Å². The van der Waals surface area contributed by atoms with E-state index in [9.17, 15) is 0 Å². The first kappa shape index (κ1) is 29.1. The highest BCUT2D eigenvalue weighted by molar-refractivity contribution is 4.53. The standard InChI is InChI=1S/C16H36N2O4.2ClH/c19-11-5-15(6-12-20)17-9-3-1-2-4-10-18-16(7-13-21)8-14-22;;/h15-22H,1-14H2;2*1H. The molecule has 0 saturated carbocycles. The van der Waals surface area contributed by atoms with Gasteiger partial charge in [-0.25, -0.2) is 0 Å². The van der Waals surface area contributed by atoms with Crippen LogP contribution in [-0.4, -0.2) is 72.0 Å². The van der Waals surface area contributed by atoms with Gasteiger partial charge in [-0.1, -0.05) is 0 Å². The molecular weight excluding hydrogens is 355 g/mol. The zero-order valence-corrected chi connectivity index (χ0v) is 16.3. The SMILES string of the molecule is OCCC(CCO)[NH2+]CCCCCC[NH2+]C(CCO)CCO.[Cl-].[Cl-]. The van der Waals surface area contributed by atoms with E-state index < -0.39 is 0 Å². The van der Waals surface area contributed by atoms with Crippen molar-refractivity contribution in [2.45, 2.75) is 63.5 Å². The lowest BCUT2D eigenvalue weighted by atomic mass is 10.1. The molecule has 0 aromatic heterocycles. The molecule has 6 nitrogen and oxygen atoms in total. The molecule has 0 aliphatic carbocycles. The lowest BCUT2D eigenvalue weighted by Gasteiger charge is -2.14. The summed E-state index contributed by atoms with van der Waals surface area (Å²) in [5.41, 5.74) is 0. The van der Waals surface area contributed by atoms with Gasteiger partial charge in [-0.3, -0.25) is 0 Å². The van der Waals surface area contributed by atoms with Gasteiger partial charge in [-0.15, -0.1) is 0 Å². The molecule has 0 amide bonds. The molecule has 0 fully saturated rings. The summed E-state index contributed by atoms with van der Waals surface area (Å²) in [5.74, 6) is 0. The predicted octanol–water partition coefficient (Wildman–Crippen LogP) is -8.05. The first-order valence-corrected chi connectivity index (χ1v) is 8.88. The molecule has 0 atom stereocenters. The van der Waals surface area contributed by atoms with E-state index in [1.165, 1.54) is 25.7 Å². The number of nitrogens with two attached hydrogens (primary N) is 2. The van der Waals surface area contributed by atoms with Crippen LogP contribution in [0.1, 0.15) is 51.4 Å². The molecule has 0 rings (SSSR count). The molecule has 0 saturated heterocycles. The normalized spacial score (nSPS) is 10.8. The van der Waals surface area contributed by atoms with Crippen LogP contribution in [0, 0.1) is 0 Å². The molecule has 0 aromatic rings. The van der Waals surface area contributed by atoms with E-state index >= 15 is 0 Å². The van der Waals surface area contributed by atoms with Crippen molar-refractivity contribution < 1.29 is 55.9 Å². The lowest BCUT2D eigenvalue weighted by molar-refractivity contribution is -0.692. The zero-order valence-electron chi connectivity index (χ0n) is 14.8. The summed E-state index contributed by atoms with van der Waals surface area (Å²) in [6.45, 7) is 2.90. The number of aliphatic hydroxyl groups excluding tert-OH is 4. The van der Waals surface area contributed by atoms with Gasteiger partial charge in [0.25, 0.3) is 0 Å². The number of halogens is 2. The Kier molecular flexibility index (Phi) is 28.3. The van der Waals surface area contributed by atoms with E-state index in [4.69, 9.17) is 20.4 Å². The Morgan fingerprint density at radius 3 is 1.04 bits per heavy atom. The average molecular weight is 393 g/mol. The number of hydrogen-bond acceptors (Lipinski definition) is 4. The minimum atomic E-state index is 0. The molecule has 0 unspecified atom stereocenters. The van der Waals surface area contributed by atoms with E-state index in [2.05, 4.69) is 10.6 Å². The number of quaternary nitrogens is 2. The minimum absolute atomic E-state index is 0. The topological polar surface area (TPSA) is 114 Å². The van der Waals surface area contributed by atoms with Crippen LogP contribution in [-0.2, 0) is 0 Å². The van der Waals surface area contributed by atoms with Crippen LogP contribution in [0.4, 0.5) is 0 Å². The van der Waals surface area contributed by atoms with E-state index in [0.717, 1.165) is 38.8 Å². The Bertz CT molecular complexity index is 196. The Hall–Kier alpha value is 0.340. The largest absolute Gasteiger partial charge is 1.00 e. The van der Waals surface area contributed by atoms with Crippen LogP contribution in [0.2, 0.25) is 0 Å². The van der Waals surface area contributed by atoms with Crippen molar-refractivity contribution in [1.29, 1.82) is 0 Å². The number of rotatable bonds is 17. The van der Waals surface area contributed by atoms with Crippen molar-refractivity contribution in [2.24, 2.45) is 0 Å². The van der Waals surface area contributed by atoms with E-state index in [-0.39, 0.29) is 51.2 Å². The number of hydrogen-bond donors (Lipinski definition) is 6. The van der Waals surface area contributed by atoms with Gasteiger partial charge in [0.1, 0.15) is 0 Å². The van der Waals surface area contributed by atoms with Crippen molar-refractivity contribution >= 4 is 0 Å². The summed E-state index contributed by atoms with van der Waals surface area (Å²) >= 11 is 0. The third-order valence-electron chi connectivity index (χ3n) is 4.16. The van der Waals surface area contributed by atoms with Crippen LogP contribution >= 0.6 is 0 Å². The van der Waals surface area contributed by atoms with Gasteiger partial charge >= 0.3 is 0 Å². The van der Waals surface area contributed by atoms with Crippen LogP contribution in [0.25, 0.3) is 0 Å². The monoisotopic (exact) mass is 392 g/mol. The summed E-state index contributed by atoms with van der Waals surface area (Å²) in [6, 6.07) is 0.696. The Morgan fingerprint density at radius 1 is 0.500 bits per heavy atom. The van der Waals surface area contributed by atoms with Gasteiger partial charge in [0, 0.05) is 52.1 Å². The zero-order chi connectivity index (χ0) is 16.5. The first-order chi connectivity index (χ1) is 10.8. The fourth-order valence-electron chi connectivity index (χ4n) is 2.77. The summed E-state index contributed by atoms with van der Waals surface area (Å²) in [7, 11) is 0. The maximum Gasteiger partial charge on any atom is 0.0903 e. The van der Waals surface area contributed by atoms with Crippen LogP contribution < -0.4 is 35.4 Å². The van der Waals surface area contributed by atoms with Gasteiger partial charge < -0.3 is 55.9 Å². The highest BCUT2D eigenvalue weighted by atomic mass is 35.5. The maximum atomic E-state index is 8.95. The van der Waals surface area contributed by atoms with Gasteiger partial charge in [0.2, 0.25) is 0 Å². The molecule has 8 N–H and O–H groups in total. The van der Waals surface area contributed by atoms with Crippen molar-refractivity contribution in [3.05, 3.63) is 0 Å². The summed E-state index contributed by atoms with van der Waals surface area (Å²) in [4.78, 5) is 0. The molecule has 0 heterocycles. The molecule has 24 heavy (non-hydrogen) atoms. The third kappa shape index (κ3) is 18.7. The van der Waals surface area contributed by atoms with Crippen molar-refractivity contribution in [1.82, 2.24) is 0 Å². The molecule has 8 heteroatoms. The second kappa shape index (κ2) is 23.3. The molecule has 150 valence electrons. The van der Waals surface area contributed by atoms with Gasteiger partial charge in [0.15, 0.2) is 0 Å². The highest BCUT2D eigenvalue weighted by Crippen LogP contribution is 1.97. The van der Waals surface area contributed by atoms with Crippen molar-refractivity contribution in [3.63, 3.8) is 0 Å². The summed E-state index contributed by atoms with van der Waals surface area (Å²) in [6.07, 6.45) is 7.78. The molecule has 0 aliphatic heterocycles. The number of unbranched alkanes of at least 4 members (excludes halogenated alkanes) is 3. The smallest absolute Gasteiger partial charge is 0.0903 e. The molecule has 0 spiro atoms. The fraction of sp³-hybridized carbons (Fsp3) is 1.00. The van der Waals surface area contributed by atoms with E-state index in [0.29, 0.717) is 12.1 Å². The predicted molar refractivity (Wildman–Crippen MR) is 86.4 cm³/mol. The van der Waals surface area contributed by atoms with Crippen molar-refractivity contribution in [2.75, 3.05) is 39.5 Å². The van der Waals surface area contributed by atoms with Gasteiger partial charge in [-0.05, 0) is 25.7 Å². The molecular formula is C16H38Cl2N2O4. The Morgan fingerprint density at radius 2 is 0.792 bits per heavy atom. The first-order valence-electron chi connectivity index (χ1n) is 8.88. The molecule has 0 aromatic carbocycles.